The van der Waals surface area contributed by atoms with Crippen LogP contribution in [0.3, 0.4) is 0 Å². The van der Waals surface area contributed by atoms with Gasteiger partial charge in [-0.1, -0.05) is 30.3 Å². The van der Waals surface area contributed by atoms with Crippen LogP contribution in [-0.4, -0.2) is 14.5 Å². The summed E-state index contributed by atoms with van der Waals surface area (Å²) < 4.78 is 2.21. The average molecular weight is 263 g/mol. The molecular formula is C17H17N3. The normalized spacial score (nSPS) is 10.6. The fourth-order valence-corrected chi connectivity index (χ4v) is 2.35. The lowest BCUT2D eigenvalue weighted by Crippen LogP contribution is -2.01. The Kier molecular flexibility index (Phi) is 3.88. The van der Waals surface area contributed by atoms with Gasteiger partial charge in [-0.15, -0.1) is 0 Å². The molecule has 0 radical (unpaired) electrons. The third-order valence-corrected chi connectivity index (χ3v) is 3.36. The van der Waals surface area contributed by atoms with Crippen molar-refractivity contribution in [2.75, 3.05) is 0 Å². The van der Waals surface area contributed by atoms with Crippen LogP contribution in [-0.2, 0) is 13.0 Å². The second-order valence-electron chi connectivity index (χ2n) is 4.77. The smallest absolute Gasteiger partial charge is 0.139 e. The molecule has 0 N–H and O–H groups in total. The number of rotatable bonds is 5. The summed E-state index contributed by atoms with van der Waals surface area (Å²) in [5, 5.41) is 0. The largest absolute Gasteiger partial charge is 0.331 e. The zero-order valence-corrected chi connectivity index (χ0v) is 11.3. The van der Waals surface area contributed by atoms with Gasteiger partial charge in [0, 0.05) is 36.9 Å². The Hall–Kier alpha value is -2.42. The summed E-state index contributed by atoms with van der Waals surface area (Å²) in [4.78, 5) is 8.50. The first-order valence-corrected chi connectivity index (χ1v) is 6.89. The van der Waals surface area contributed by atoms with Crippen LogP contribution < -0.4 is 0 Å². The van der Waals surface area contributed by atoms with Crippen molar-refractivity contribution in [1.29, 1.82) is 0 Å². The molecule has 3 heteroatoms. The van der Waals surface area contributed by atoms with Crippen LogP contribution in [0.5, 0.6) is 0 Å². The minimum absolute atomic E-state index is 0.979. The number of nitrogens with zero attached hydrogens (tertiary/aromatic N) is 3. The Balaban J connectivity index is 1.66. The highest BCUT2D eigenvalue weighted by molar-refractivity contribution is 5.54. The molecule has 0 spiro atoms. The van der Waals surface area contributed by atoms with E-state index in [1.165, 1.54) is 5.56 Å². The summed E-state index contributed by atoms with van der Waals surface area (Å²) in [5.74, 6) is 1.01. The van der Waals surface area contributed by atoms with Gasteiger partial charge in [-0.05, 0) is 30.5 Å². The van der Waals surface area contributed by atoms with E-state index in [2.05, 4.69) is 44.9 Å². The van der Waals surface area contributed by atoms with E-state index in [1.54, 1.807) is 12.4 Å². The highest BCUT2D eigenvalue weighted by Crippen LogP contribution is 2.16. The topological polar surface area (TPSA) is 30.7 Å². The molecule has 0 saturated heterocycles. The fraction of sp³-hybridized carbons (Fsp3) is 0.176. The zero-order chi connectivity index (χ0) is 13.6. The number of benzene rings is 1. The summed E-state index contributed by atoms with van der Waals surface area (Å²) >= 11 is 0. The summed E-state index contributed by atoms with van der Waals surface area (Å²) in [6, 6.07) is 14.6. The predicted octanol–water partition coefficient (Wildman–Crippen LogP) is 3.58. The van der Waals surface area contributed by atoms with Crippen LogP contribution in [0.1, 0.15) is 12.0 Å². The van der Waals surface area contributed by atoms with Gasteiger partial charge in [0.15, 0.2) is 0 Å². The maximum Gasteiger partial charge on any atom is 0.139 e. The average Bonchev–Trinajstić information content (AvgIpc) is 2.98. The van der Waals surface area contributed by atoms with Crippen molar-refractivity contribution in [3.8, 4) is 11.4 Å². The quantitative estimate of drug-likeness (QED) is 0.704. The van der Waals surface area contributed by atoms with Gasteiger partial charge >= 0.3 is 0 Å². The molecule has 0 bridgehead atoms. The first-order chi connectivity index (χ1) is 9.93. The maximum atomic E-state index is 4.45. The highest BCUT2D eigenvalue weighted by atomic mass is 15.1. The molecule has 0 aliphatic heterocycles. The van der Waals surface area contributed by atoms with E-state index in [0.717, 1.165) is 30.8 Å². The maximum absolute atomic E-state index is 4.45. The lowest BCUT2D eigenvalue weighted by atomic mass is 10.1. The van der Waals surface area contributed by atoms with E-state index < -0.39 is 0 Å². The Labute approximate surface area is 118 Å². The molecule has 100 valence electrons. The van der Waals surface area contributed by atoms with Crippen LogP contribution in [0, 0.1) is 0 Å². The Bertz CT molecular complexity index is 644. The number of pyridine rings is 1. The lowest BCUT2D eigenvalue weighted by molar-refractivity contribution is 0.647. The van der Waals surface area contributed by atoms with E-state index in [1.807, 2.05) is 24.5 Å². The molecule has 0 aliphatic rings. The van der Waals surface area contributed by atoms with E-state index in [0.29, 0.717) is 0 Å². The molecule has 2 heterocycles. The van der Waals surface area contributed by atoms with Crippen molar-refractivity contribution in [2.24, 2.45) is 0 Å². The number of imidazole rings is 1. The number of hydrogen-bond acceptors (Lipinski definition) is 2. The lowest BCUT2D eigenvalue weighted by Gasteiger charge is -2.07. The molecule has 0 unspecified atom stereocenters. The standard InChI is InChI=1S/C17H17N3/c1-2-5-15(6-3-1)7-4-13-20-14-12-19-17(20)16-8-10-18-11-9-16/h1-3,5-6,8-12,14H,4,7,13H2. The van der Waals surface area contributed by atoms with Gasteiger partial charge in [-0.2, -0.15) is 0 Å². The van der Waals surface area contributed by atoms with Crippen molar-refractivity contribution in [3.63, 3.8) is 0 Å². The van der Waals surface area contributed by atoms with Gasteiger partial charge in [-0.3, -0.25) is 4.98 Å². The number of hydrogen-bond donors (Lipinski definition) is 0. The summed E-state index contributed by atoms with van der Waals surface area (Å²) in [6.45, 7) is 0.979. The second kappa shape index (κ2) is 6.15. The van der Waals surface area contributed by atoms with Gasteiger partial charge in [0.2, 0.25) is 0 Å². The van der Waals surface area contributed by atoms with Crippen LogP contribution in [0.4, 0.5) is 0 Å². The molecule has 0 aliphatic carbocycles. The van der Waals surface area contributed by atoms with Gasteiger partial charge in [0.1, 0.15) is 5.82 Å². The number of aromatic nitrogens is 3. The molecule has 3 aromatic rings. The summed E-state index contributed by atoms with van der Waals surface area (Å²) in [5.41, 5.74) is 2.50. The first-order valence-electron chi connectivity index (χ1n) is 6.89. The first kappa shape index (κ1) is 12.6. The summed E-state index contributed by atoms with van der Waals surface area (Å²) in [7, 11) is 0. The van der Waals surface area contributed by atoms with E-state index >= 15 is 0 Å². The Morgan fingerprint density at radius 1 is 0.900 bits per heavy atom. The molecule has 0 atom stereocenters. The van der Waals surface area contributed by atoms with Gasteiger partial charge < -0.3 is 4.57 Å². The fourth-order valence-electron chi connectivity index (χ4n) is 2.35. The number of aryl methyl sites for hydroxylation is 2. The van der Waals surface area contributed by atoms with Crippen LogP contribution in [0.15, 0.2) is 67.3 Å². The van der Waals surface area contributed by atoms with Gasteiger partial charge in [-0.25, -0.2) is 4.98 Å². The van der Waals surface area contributed by atoms with E-state index in [-0.39, 0.29) is 0 Å². The van der Waals surface area contributed by atoms with Gasteiger partial charge in [0.05, 0.1) is 0 Å². The molecule has 20 heavy (non-hydrogen) atoms. The van der Waals surface area contributed by atoms with Crippen LogP contribution >= 0.6 is 0 Å². The minimum atomic E-state index is 0.979. The van der Waals surface area contributed by atoms with E-state index in [4.69, 9.17) is 0 Å². The van der Waals surface area contributed by atoms with Crippen molar-refractivity contribution in [2.45, 2.75) is 19.4 Å². The second-order valence-corrected chi connectivity index (χ2v) is 4.77. The Morgan fingerprint density at radius 3 is 2.50 bits per heavy atom. The van der Waals surface area contributed by atoms with Crippen molar-refractivity contribution in [3.05, 3.63) is 72.8 Å². The van der Waals surface area contributed by atoms with Crippen molar-refractivity contribution < 1.29 is 0 Å². The summed E-state index contributed by atoms with van der Waals surface area (Å²) in [6.07, 6.45) is 9.71. The molecule has 3 rings (SSSR count). The van der Waals surface area contributed by atoms with E-state index in [9.17, 15) is 0 Å². The van der Waals surface area contributed by atoms with Crippen LogP contribution in [0.25, 0.3) is 11.4 Å². The molecular weight excluding hydrogens is 246 g/mol. The molecule has 0 amide bonds. The minimum Gasteiger partial charge on any atom is -0.331 e. The van der Waals surface area contributed by atoms with Crippen molar-refractivity contribution >= 4 is 0 Å². The van der Waals surface area contributed by atoms with Crippen molar-refractivity contribution in [1.82, 2.24) is 14.5 Å². The SMILES string of the molecule is c1ccc(CCCn2ccnc2-c2ccncc2)cc1. The molecule has 3 nitrogen and oxygen atoms in total. The predicted molar refractivity (Wildman–Crippen MR) is 80.2 cm³/mol. The molecule has 0 fully saturated rings. The third kappa shape index (κ3) is 2.94. The monoisotopic (exact) mass is 263 g/mol. The highest BCUT2D eigenvalue weighted by Gasteiger charge is 2.05. The van der Waals surface area contributed by atoms with Gasteiger partial charge in [0.25, 0.3) is 0 Å². The molecule has 0 saturated carbocycles. The Morgan fingerprint density at radius 2 is 1.70 bits per heavy atom. The third-order valence-electron chi connectivity index (χ3n) is 3.36. The zero-order valence-electron chi connectivity index (χ0n) is 11.3. The molecule has 1 aromatic carbocycles. The van der Waals surface area contributed by atoms with Crippen LogP contribution in [0.2, 0.25) is 0 Å². The molecule has 2 aromatic heterocycles.